The second kappa shape index (κ2) is 15.3. The van der Waals surface area contributed by atoms with Crippen molar-refractivity contribution in [3.8, 4) is 0 Å². The maximum atomic E-state index is 14.3. The molecule has 1 unspecified atom stereocenters. The van der Waals surface area contributed by atoms with Crippen LogP contribution in [0.15, 0.2) is 18.3 Å². The average molecular weight is 806 g/mol. The summed E-state index contributed by atoms with van der Waals surface area (Å²) in [4.78, 5) is 111. The summed E-state index contributed by atoms with van der Waals surface area (Å²) in [6.07, 6.45) is -10.5. The molecule has 2 aliphatic carbocycles. The summed E-state index contributed by atoms with van der Waals surface area (Å²) in [7, 11) is 0. The molecule has 13 atom stereocenters. The van der Waals surface area contributed by atoms with Crippen molar-refractivity contribution in [3.63, 3.8) is 0 Å². The van der Waals surface area contributed by atoms with Gasteiger partial charge in [-0.2, -0.15) is 0 Å². The average Bonchev–Trinajstić information content (AvgIpc) is 3.32. The van der Waals surface area contributed by atoms with E-state index in [1.165, 1.54) is 32.2 Å². The van der Waals surface area contributed by atoms with Crippen LogP contribution in [0.4, 0.5) is 0 Å². The smallest absolute Gasteiger partial charge is 0.340 e. The molecule has 0 radical (unpaired) electrons. The molecule has 312 valence electrons. The van der Waals surface area contributed by atoms with Crippen LogP contribution in [0.3, 0.4) is 0 Å². The van der Waals surface area contributed by atoms with E-state index in [9.17, 15) is 43.5 Å². The largest absolute Gasteiger partial charge is 0.465 e. The number of carbonyl (C=O) groups excluding carboxylic acids is 8. The van der Waals surface area contributed by atoms with Crippen LogP contribution >= 0.6 is 0 Å². The molecule has 5 rings (SSSR count). The van der Waals surface area contributed by atoms with Crippen LogP contribution in [0.5, 0.6) is 0 Å². The summed E-state index contributed by atoms with van der Waals surface area (Å²) in [5.74, 6) is -11.6. The fraction of sp³-hybridized carbons (Fsp3) is 0.658. The first-order valence-corrected chi connectivity index (χ1v) is 18.2. The highest BCUT2D eigenvalue weighted by atomic mass is 16.7. The number of hydrogen-bond acceptors (Lipinski definition) is 19. The number of nitrogens with zero attached hydrogens (tertiary/aromatic N) is 1. The molecular weight excluding hydrogens is 758 g/mol. The number of ether oxygens (including phenoxy) is 9. The summed E-state index contributed by atoms with van der Waals surface area (Å²) in [6.45, 7) is 9.67. The zero-order valence-corrected chi connectivity index (χ0v) is 33.2. The Morgan fingerprint density at radius 2 is 1.30 bits per heavy atom. The number of esters is 8. The van der Waals surface area contributed by atoms with E-state index in [0.717, 1.165) is 48.5 Å². The van der Waals surface area contributed by atoms with Gasteiger partial charge in [-0.1, -0.05) is 13.8 Å². The van der Waals surface area contributed by atoms with Crippen LogP contribution in [-0.2, 0) is 76.2 Å². The van der Waals surface area contributed by atoms with Crippen LogP contribution in [0.2, 0.25) is 0 Å². The maximum Gasteiger partial charge on any atom is 0.340 e. The molecule has 2 aliphatic heterocycles. The van der Waals surface area contributed by atoms with E-state index in [1.54, 1.807) is 6.92 Å². The molecule has 3 heterocycles. The van der Waals surface area contributed by atoms with Crippen LogP contribution in [0.25, 0.3) is 0 Å². The Kier molecular flexibility index (Phi) is 11.5. The van der Waals surface area contributed by atoms with Gasteiger partial charge >= 0.3 is 47.8 Å². The van der Waals surface area contributed by atoms with Gasteiger partial charge in [0.25, 0.3) is 0 Å². The van der Waals surface area contributed by atoms with Crippen molar-refractivity contribution in [1.29, 1.82) is 0 Å². The Hall–Kier alpha value is -5.17. The maximum absolute atomic E-state index is 14.3. The third kappa shape index (κ3) is 6.97. The predicted octanol–water partition coefficient (Wildman–Crippen LogP) is 1.03. The Morgan fingerprint density at radius 3 is 1.84 bits per heavy atom. The van der Waals surface area contributed by atoms with Crippen LogP contribution in [0.1, 0.15) is 91.2 Å². The number of rotatable bonds is 7. The molecule has 0 aromatic carbocycles. The SMILES string of the molecule is CC(=O)OC[C@@]12[C@H](OC(C)=O)[C@H](OC(C)=O)[C@@H]3C(OC(C)=O)[C@@]14O[C@@]3(C)COC(=O)c1cccnc1[C@@H](C)[C@H](C)C(=O)O[C@@H]([C@H](OC(C)=O)[C@@H]2OC(C)=O)[C@]4(C)O. The lowest BCUT2D eigenvalue weighted by Gasteiger charge is -2.67. The van der Waals surface area contributed by atoms with Gasteiger partial charge in [-0.3, -0.25) is 38.5 Å². The van der Waals surface area contributed by atoms with E-state index < -0.39 is 138 Å². The van der Waals surface area contributed by atoms with Crippen molar-refractivity contribution < 1.29 is 86.1 Å². The predicted molar refractivity (Wildman–Crippen MR) is 185 cm³/mol. The minimum atomic E-state index is -2.82. The molecule has 1 spiro atoms. The molecule has 0 amide bonds. The molecule has 1 saturated heterocycles. The van der Waals surface area contributed by atoms with E-state index in [1.807, 2.05) is 0 Å². The molecule has 1 N–H and O–H groups in total. The van der Waals surface area contributed by atoms with E-state index >= 15 is 0 Å². The van der Waals surface area contributed by atoms with E-state index in [0.29, 0.717) is 0 Å². The Labute approximate surface area is 327 Å². The number of aromatic nitrogens is 1. The van der Waals surface area contributed by atoms with Gasteiger partial charge in [0.2, 0.25) is 0 Å². The summed E-state index contributed by atoms with van der Waals surface area (Å²) in [6, 6.07) is 2.89. The van der Waals surface area contributed by atoms with Gasteiger partial charge in [0.05, 0.1) is 23.1 Å². The standard InChI is InChI=1S/C38H47NO18/c1-16-17(2)33(46)56-30-28(52-20(5)42)32(55-23(8)45)37(15-49-18(3)40)31(54-22(7)44)27(51-19(4)41)25-29(53-21(6)43)38(37,36(30,10)48)57-35(25,9)14-50-34(47)24-12-11-13-39-26(16)24/h11-13,16-17,25,27-32,48H,14-15H2,1-10H3/t16-,17-,25+,27+,28-,29?,30-,31+,32-,35-,36-,37-,38-/m0/s1. The van der Waals surface area contributed by atoms with Crippen molar-refractivity contribution in [2.45, 2.75) is 129 Å². The fourth-order valence-electron chi connectivity index (χ4n) is 9.25. The van der Waals surface area contributed by atoms with Gasteiger partial charge in [0.15, 0.2) is 30.0 Å². The normalized spacial score (nSPS) is 38.2. The fourth-order valence-corrected chi connectivity index (χ4v) is 9.25. The third-order valence-corrected chi connectivity index (χ3v) is 11.4. The molecule has 2 saturated carbocycles. The van der Waals surface area contributed by atoms with Crippen LogP contribution in [0, 0.1) is 17.3 Å². The second-order valence-corrected chi connectivity index (χ2v) is 15.3. The highest BCUT2D eigenvalue weighted by Gasteiger charge is 2.92. The zero-order chi connectivity index (χ0) is 42.6. The molecule has 19 nitrogen and oxygen atoms in total. The first-order valence-electron chi connectivity index (χ1n) is 18.2. The molecule has 19 heteroatoms. The van der Waals surface area contributed by atoms with Gasteiger partial charge in [-0.05, 0) is 26.0 Å². The molecule has 4 aliphatic rings. The molecule has 1 aromatic rings. The highest BCUT2D eigenvalue weighted by molar-refractivity contribution is 5.91. The molecule has 57 heavy (non-hydrogen) atoms. The number of aliphatic hydroxyl groups is 1. The van der Waals surface area contributed by atoms with Gasteiger partial charge in [0, 0.05) is 53.7 Å². The molecule has 1 aromatic heterocycles. The zero-order valence-electron chi connectivity index (χ0n) is 33.2. The van der Waals surface area contributed by atoms with Gasteiger partial charge in [-0.15, -0.1) is 0 Å². The van der Waals surface area contributed by atoms with E-state index in [2.05, 4.69) is 4.98 Å². The molecule has 4 bridgehead atoms. The topological polar surface area (TPSA) is 253 Å². The minimum Gasteiger partial charge on any atom is -0.465 e. The minimum absolute atomic E-state index is 0.0422. The summed E-state index contributed by atoms with van der Waals surface area (Å²) in [5.41, 5.74) is -10.1. The van der Waals surface area contributed by atoms with Crippen LogP contribution in [-0.4, -0.2) is 124 Å². The Balaban J connectivity index is 2.01. The van der Waals surface area contributed by atoms with Gasteiger partial charge < -0.3 is 47.7 Å². The first-order chi connectivity index (χ1) is 26.5. The van der Waals surface area contributed by atoms with Crippen molar-refractivity contribution in [3.05, 3.63) is 29.6 Å². The number of hydrogen-bond donors (Lipinski definition) is 1. The monoisotopic (exact) mass is 805 g/mol. The summed E-state index contributed by atoms with van der Waals surface area (Å²) < 4.78 is 54.3. The lowest BCUT2D eigenvalue weighted by Crippen LogP contribution is -2.89. The van der Waals surface area contributed by atoms with Crippen molar-refractivity contribution in [2.75, 3.05) is 13.2 Å². The number of pyridine rings is 1. The molecular formula is C38H47NO18. The summed E-state index contributed by atoms with van der Waals surface area (Å²) in [5, 5.41) is 13.4. The van der Waals surface area contributed by atoms with Gasteiger partial charge in [0.1, 0.15) is 42.0 Å². The van der Waals surface area contributed by atoms with E-state index in [4.69, 9.17) is 42.6 Å². The van der Waals surface area contributed by atoms with E-state index in [-0.39, 0.29) is 11.3 Å². The van der Waals surface area contributed by atoms with Crippen molar-refractivity contribution in [2.24, 2.45) is 17.3 Å². The first kappa shape index (κ1) is 43.0. The van der Waals surface area contributed by atoms with Crippen LogP contribution < -0.4 is 0 Å². The Bertz CT molecular complexity index is 1860. The quantitative estimate of drug-likeness (QED) is 0.298. The lowest BCUT2D eigenvalue weighted by atomic mass is 9.45. The van der Waals surface area contributed by atoms with Crippen molar-refractivity contribution >= 4 is 47.8 Å². The number of fused-ring (bicyclic) bond motifs is 5. The van der Waals surface area contributed by atoms with Gasteiger partial charge in [-0.25, -0.2) is 4.79 Å². The number of carbonyl (C=O) groups is 8. The number of cyclic esters (lactones) is 1. The summed E-state index contributed by atoms with van der Waals surface area (Å²) >= 11 is 0. The third-order valence-electron chi connectivity index (χ3n) is 11.4. The molecule has 3 fully saturated rings. The van der Waals surface area contributed by atoms with Crippen molar-refractivity contribution in [1.82, 2.24) is 4.98 Å². The second-order valence-electron chi connectivity index (χ2n) is 15.3. The Morgan fingerprint density at radius 1 is 0.772 bits per heavy atom. The lowest BCUT2D eigenvalue weighted by molar-refractivity contribution is -0.387. The highest BCUT2D eigenvalue weighted by Crippen LogP contribution is 2.70.